The molecule has 4 N–H and O–H groups in total. The average molecular weight is 701 g/mol. The molecule has 6 heterocycles. The molecule has 266 valence electrons. The van der Waals surface area contributed by atoms with Gasteiger partial charge in [0.2, 0.25) is 0 Å². The van der Waals surface area contributed by atoms with Crippen LogP contribution in [0.25, 0.3) is 33.8 Å². The summed E-state index contributed by atoms with van der Waals surface area (Å²) in [5, 5.41) is 11.9. The van der Waals surface area contributed by atoms with Gasteiger partial charge in [0.15, 0.2) is 0 Å². The van der Waals surface area contributed by atoms with Gasteiger partial charge in [-0.3, -0.25) is 14.6 Å². The molecule has 0 bridgehead atoms. The van der Waals surface area contributed by atoms with Crippen LogP contribution in [-0.2, 0) is 14.3 Å². The minimum atomic E-state index is -1.25. The van der Waals surface area contributed by atoms with Gasteiger partial charge in [-0.25, -0.2) is 14.8 Å². The van der Waals surface area contributed by atoms with E-state index in [0.717, 1.165) is 84.7 Å². The number of aromatic amines is 2. The van der Waals surface area contributed by atoms with Crippen molar-refractivity contribution in [3.8, 4) is 33.8 Å². The Morgan fingerprint density at radius 2 is 1.37 bits per heavy atom. The van der Waals surface area contributed by atoms with Crippen molar-refractivity contribution in [2.24, 2.45) is 0 Å². The fraction of sp³-hybridized carbons (Fsp3) is 0.333. The third kappa shape index (κ3) is 6.66. The summed E-state index contributed by atoms with van der Waals surface area (Å²) in [6.07, 6.45) is 8.86. The van der Waals surface area contributed by atoms with Crippen molar-refractivity contribution in [1.82, 2.24) is 40.0 Å². The minimum Gasteiger partial charge on any atom is -0.465 e. The van der Waals surface area contributed by atoms with Crippen molar-refractivity contribution < 1.29 is 24.2 Å². The number of amides is 3. The van der Waals surface area contributed by atoms with E-state index in [1.165, 1.54) is 0 Å². The molecule has 5 aromatic rings. The molecule has 3 aromatic heterocycles. The summed E-state index contributed by atoms with van der Waals surface area (Å²) in [5.41, 5.74) is 5.90. The summed E-state index contributed by atoms with van der Waals surface area (Å²) >= 11 is 0. The number of imidazole rings is 2. The molecule has 13 nitrogen and oxygen atoms in total. The maximum Gasteiger partial charge on any atom is 0.405 e. The second kappa shape index (κ2) is 14.4. The Balaban J connectivity index is 0.930. The first-order chi connectivity index (χ1) is 25.4. The molecule has 2 aromatic carbocycles. The van der Waals surface area contributed by atoms with E-state index in [9.17, 15) is 19.5 Å². The largest absolute Gasteiger partial charge is 0.465 e. The number of likely N-dealkylation sites (tertiary alicyclic amines) is 2. The molecule has 0 unspecified atom stereocenters. The maximum atomic E-state index is 13.7. The molecular weight excluding hydrogens is 660 g/mol. The zero-order chi connectivity index (χ0) is 35.6. The van der Waals surface area contributed by atoms with E-state index in [1.54, 1.807) is 35.4 Å². The van der Waals surface area contributed by atoms with E-state index in [4.69, 9.17) is 9.72 Å². The standard InChI is InChI=1S/C39H40N8O5/c48-37(33-11-6-20-52-33)46-18-4-9-31(46)35-42-23-30(44-35)27-16-17-28(40-21-27)24-12-14-25(15-13-24)29-22-41-36(43-29)32-10-5-19-47(32)38(49)34(45-39(50)51)26-7-2-1-3-8-26/h1-3,7-8,12-17,21-23,31-34,45H,4-6,9-11,18-20H2,(H,41,43)(H,42,44)(H,50,51)/t31-,32-,33+,34+/m0/s1. The molecule has 3 saturated heterocycles. The lowest BCUT2D eigenvalue weighted by Gasteiger charge is -2.28. The van der Waals surface area contributed by atoms with E-state index < -0.39 is 12.1 Å². The molecular formula is C39H40N8O5. The summed E-state index contributed by atoms with van der Waals surface area (Å²) in [6.45, 7) is 1.89. The first-order valence-corrected chi connectivity index (χ1v) is 17.9. The van der Waals surface area contributed by atoms with Crippen molar-refractivity contribution in [2.45, 2.75) is 62.8 Å². The monoisotopic (exact) mass is 700 g/mol. The lowest BCUT2D eigenvalue weighted by Crippen LogP contribution is -2.42. The normalized spacial score (nSPS) is 20.7. The number of ether oxygens (including phenoxy) is 1. The Labute approximate surface area is 300 Å². The number of aromatic nitrogens is 5. The number of hydrogen-bond donors (Lipinski definition) is 4. The average Bonchev–Trinajstić information content (AvgIpc) is 4.03. The Kier molecular flexibility index (Phi) is 9.25. The lowest BCUT2D eigenvalue weighted by atomic mass is 10.0. The second-order valence-corrected chi connectivity index (χ2v) is 13.5. The van der Waals surface area contributed by atoms with Gasteiger partial charge >= 0.3 is 6.09 Å². The van der Waals surface area contributed by atoms with Crippen molar-refractivity contribution >= 4 is 17.9 Å². The van der Waals surface area contributed by atoms with E-state index in [1.807, 2.05) is 59.8 Å². The third-order valence-electron chi connectivity index (χ3n) is 10.3. The topological polar surface area (TPSA) is 169 Å². The molecule has 3 aliphatic heterocycles. The highest BCUT2D eigenvalue weighted by atomic mass is 16.5. The van der Waals surface area contributed by atoms with Gasteiger partial charge in [0.25, 0.3) is 11.8 Å². The van der Waals surface area contributed by atoms with Crippen molar-refractivity contribution in [3.63, 3.8) is 0 Å². The van der Waals surface area contributed by atoms with Gasteiger partial charge in [-0.15, -0.1) is 0 Å². The predicted octanol–water partition coefficient (Wildman–Crippen LogP) is 6.04. The maximum absolute atomic E-state index is 13.7. The minimum absolute atomic E-state index is 0.0693. The quantitative estimate of drug-likeness (QED) is 0.144. The molecule has 3 amide bonds. The van der Waals surface area contributed by atoms with Crippen LogP contribution in [0, 0.1) is 0 Å². The van der Waals surface area contributed by atoms with Gasteiger partial charge in [0.05, 0.1) is 41.6 Å². The van der Waals surface area contributed by atoms with Crippen molar-refractivity contribution in [2.75, 3.05) is 19.7 Å². The number of pyridine rings is 1. The molecule has 3 aliphatic rings. The van der Waals surface area contributed by atoms with Crippen LogP contribution >= 0.6 is 0 Å². The number of hydrogen-bond acceptors (Lipinski definition) is 7. The van der Waals surface area contributed by atoms with Crippen molar-refractivity contribution in [3.05, 3.63) is 103 Å². The van der Waals surface area contributed by atoms with Crippen LogP contribution in [0.4, 0.5) is 4.79 Å². The van der Waals surface area contributed by atoms with Crippen LogP contribution in [-0.4, -0.2) is 83.5 Å². The fourth-order valence-electron chi connectivity index (χ4n) is 7.66. The molecule has 0 spiro atoms. The van der Waals surface area contributed by atoms with Crippen LogP contribution in [0.3, 0.4) is 0 Å². The van der Waals surface area contributed by atoms with Gasteiger partial charge in [-0.2, -0.15) is 0 Å². The van der Waals surface area contributed by atoms with E-state index in [-0.39, 0.29) is 30.0 Å². The van der Waals surface area contributed by atoms with Crippen molar-refractivity contribution in [1.29, 1.82) is 0 Å². The third-order valence-corrected chi connectivity index (χ3v) is 10.3. The highest BCUT2D eigenvalue weighted by Crippen LogP contribution is 2.36. The molecule has 4 atom stereocenters. The highest BCUT2D eigenvalue weighted by molar-refractivity contribution is 5.87. The smallest absolute Gasteiger partial charge is 0.405 e. The summed E-state index contributed by atoms with van der Waals surface area (Å²) in [4.78, 5) is 62.9. The van der Waals surface area contributed by atoms with Gasteiger partial charge in [-0.05, 0) is 61.8 Å². The number of H-pyrrole nitrogens is 2. The SMILES string of the molecule is O=C(O)N[C@@H](C(=O)N1CCC[C@H]1c1ncc(-c2ccc(-c3ccc(-c4cnc([C@@H]5CCCN5C(=O)[C@H]5CCCO5)[nH]4)cn3)cc2)[nH]1)c1ccccc1. The molecule has 52 heavy (non-hydrogen) atoms. The first kappa shape index (κ1) is 33.3. The zero-order valence-corrected chi connectivity index (χ0v) is 28.6. The first-order valence-electron chi connectivity index (χ1n) is 17.9. The van der Waals surface area contributed by atoms with Gasteiger partial charge in [-0.1, -0.05) is 54.6 Å². The molecule has 0 radical (unpaired) electrons. The van der Waals surface area contributed by atoms with Crippen LogP contribution in [0.1, 0.15) is 73.9 Å². The van der Waals surface area contributed by atoms with E-state index in [2.05, 4.69) is 25.3 Å². The van der Waals surface area contributed by atoms with Crippen LogP contribution in [0.2, 0.25) is 0 Å². The molecule has 3 fully saturated rings. The van der Waals surface area contributed by atoms with Crippen LogP contribution in [0.5, 0.6) is 0 Å². The van der Waals surface area contributed by atoms with E-state index in [0.29, 0.717) is 24.5 Å². The number of carboxylic acid groups (broad SMARTS) is 1. The van der Waals surface area contributed by atoms with Gasteiger partial charge in [0.1, 0.15) is 23.8 Å². The molecule has 13 heteroatoms. The van der Waals surface area contributed by atoms with Gasteiger partial charge < -0.3 is 34.9 Å². The second-order valence-electron chi connectivity index (χ2n) is 13.5. The van der Waals surface area contributed by atoms with Gasteiger partial charge in [0, 0.05) is 37.0 Å². The van der Waals surface area contributed by atoms with Crippen LogP contribution in [0.15, 0.2) is 85.3 Å². The number of carbonyl (C=O) groups excluding carboxylic acids is 2. The number of rotatable bonds is 9. The Morgan fingerprint density at radius 1 is 0.731 bits per heavy atom. The summed E-state index contributed by atoms with van der Waals surface area (Å²) in [7, 11) is 0. The number of carbonyl (C=O) groups is 3. The molecule has 0 saturated carbocycles. The zero-order valence-electron chi connectivity index (χ0n) is 28.6. The Hall–Kier alpha value is -5.82. The summed E-state index contributed by atoms with van der Waals surface area (Å²) in [5.74, 6) is 1.23. The predicted molar refractivity (Wildman–Crippen MR) is 192 cm³/mol. The molecule has 0 aliphatic carbocycles. The number of benzene rings is 2. The molecule has 8 rings (SSSR count). The highest BCUT2D eigenvalue weighted by Gasteiger charge is 2.38. The summed E-state index contributed by atoms with van der Waals surface area (Å²) < 4.78 is 5.66. The summed E-state index contributed by atoms with van der Waals surface area (Å²) in [6, 6.07) is 19.6. The Morgan fingerprint density at radius 3 is 2.00 bits per heavy atom. The number of nitrogens with one attached hydrogen (secondary N) is 3. The number of nitrogens with zero attached hydrogens (tertiary/aromatic N) is 5. The van der Waals surface area contributed by atoms with E-state index >= 15 is 0 Å². The lowest BCUT2D eigenvalue weighted by molar-refractivity contribution is -0.142. The van der Waals surface area contributed by atoms with Crippen LogP contribution < -0.4 is 5.32 Å². The fourth-order valence-corrected chi connectivity index (χ4v) is 7.66. The Bertz CT molecular complexity index is 2040.